The minimum Gasteiger partial charge on any atom is -0.507 e. The Morgan fingerprint density at radius 2 is 1.48 bits per heavy atom. The Balaban J connectivity index is 1.68. The SMILES string of the molecule is O=C(c1cc2ccccc2cc1O)n1c(Cc2ccccc2)nc2ccccc21. The number of aromatic nitrogens is 2. The molecule has 29 heavy (non-hydrogen) atoms. The normalized spacial score (nSPS) is 11.2. The Morgan fingerprint density at radius 3 is 2.28 bits per heavy atom. The van der Waals surface area contributed by atoms with Gasteiger partial charge in [0.15, 0.2) is 0 Å². The van der Waals surface area contributed by atoms with Gasteiger partial charge in [0.05, 0.1) is 16.6 Å². The van der Waals surface area contributed by atoms with Crippen molar-refractivity contribution in [1.82, 2.24) is 9.55 Å². The van der Waals surface area contributed by atoms with Crippen LogP contribution in [0.1, 0.15) is 21.7 Å². The lowest BCUT2D eigenvalue weighted by Crippen LogP contribution is -2.16. The first-order valence-electron chi connectivity index (χ1n) is 9.47. The summed E-state index contributed by atoms with van der Waals surface area (Å²) in [5.74, 6) is 0.333. The van der Waals surface area contributed by atoms with E-state index in [1.807, 2.05) is 78.9 Å². The number of rotatable bonds is 3. The molecule has 0 radical (unpaired) electrons. The molecule has 140 valence electrons. The second kappa shape index (κ2) is 6.91. The van der Waals surface area contributed by atoms with Crippen LogP contribution < -0.4 is 0 Å². The van der Waals surface area contributed by atoms with Crippen molar-refractivity contribution in [2.45, 2.75) is 6.42 Å². The second-order valence-electron chi connectivity index (χ2n) is 7.04. The Morgan fingerprint density at radius 1 is 0.828 bits per heavy atom. The van der Waals surface area contributed by atoms with Crippen LogP contribution in [0.4, 0.5) is 0 Å². The minimum absolute atomic E-state index is 0.0304. The van der Waals surface area contributed by atoms with Crippen molar-refractivity contribution in [2.75, 3.05) is 0 Å². The van der Waals surface area contributed by atoms with Gasteiger partial charge in [-0.3, -0.25) is 9.36 Å². The molecule has 0 fully saturated rings. The summed E-state index contributed by atoms with van der Waals surface area (Å²) in [7, 11) is 0. The first-order chi connectivity index (χ1) is 14.2. The monoisotopic (exact) mass is 378 g/mol. The van der Waals surface area contributed by atoms with Crippen LogP contribution in [0.2, 0.25) is 0 Å². The summed E-state index contributed by atoms with van der Waals surface area (Å²) >= 11 is 0. The molecule has 4 heteroatoms. The van der Waals surface area contributed by atoms with Crippen LogP contribution in [0.5, 0.6) is 5.75 Å². The van der Waals surface area contributed by atoms with Crippen LogP contribution in [0, 0.1) is 0 Å². The van der Waals surface area contributed by atoms with Gasteiger partial charge in [-0.05, 0) is 40.6 Å². The quantitative estimate of drug-likeness (QED) is 0.471. The lowest BCUT2D eigenvalue weighted by atomic mass is 10.0. The zero-order chi connectivity index (χ0) is 19.8. The molecule has 1 N–H and O–H groups in total. The lowest BCUT2D eigenvalue weighted by Gasteiger charge is -2.11. The number of aromatic hydroxyl groups is 1. The van der Waals surface area contributed by atoms with E-state index in [2.05, 4.69) is 0 Å². The average molecular weight is 378 g/mol. The molecule has 4 nitrogen and oxygen atoms in total. The Bertz CT molecular complexity index is 1350. The largest absolute Gasteiger partial charge is 0.507 e. The maximum Gasteiger partial charge on any atom is 0.267 e. The van der Waals surface area contributed by atoms with Gasteiger partial charge in [0.25, 0.3) is 5.91 Å². The van der Waals surface area contributed by atoms with E-state index in [1.165, 1.54) is 0 Å². The summed E-state index contributed by atoms with van der Waals surface area (Å²) in [4.78, 5) is 18.3. The third-order valence-corrected chi connectivity index (χ3v) is 5.13. The minimum atomic E-state index is -0.284. The number of phenols is 1. The predicted molar refractivity (Wildman–Crippen MR) is 114 cm³/mol. The molecule has 0 bridgehead atoms. The molecular weight excluding hydrogens is 360 g/mol. The van der Waals surface area contributed by atoms with Crippen molar-refractivity contribution in [3.8, 4) is 5.75 Å². The van der Waals surface area contributed by atoms with Gasteiger partial charge in [-0.25, -0.2) is 4.98 Å². The molecule has 0 spiro atoms. The summed E-state index contributed by atoms with van der Waals surface area (Å²) < 4.78 is 1.62. The smallest absolute Gasteiger partial charge is 0.267 e. The highest BCUT2D eigenvalue weighted by molar-refractivity contribution is 6.06. The maximum atomic E-state index is 13.6. The van der Waals surface area contributed by atoms with E-state index in [0.717, 1.165) is 27.4 Å². The number of imidazole rings is 1. The number of benzene rings is 4. The van der Waals surface area contributed by atoms with Crippen molar-refractivity contribution < 1.29 is 9.90 Å². The van der Waals surface area contributed by atoms with Crippen molar-refractivity contribution in [3.05, 3.63) is 108 Å². The highest BCUT2D eigenvalue weighted by atomic mass is 16.3. The van der Waals surface area contributed by atoms with Crippen LogP contribution in [0.15, 0.2) is 91.0 Å². The van der Waals surface area contributed by atoms with Crippen LogP contribution in [-0.2, 0) is 6.42 Å². The summed E-state index contributed by atoms with van der Waals surface area (Å²) in [6.07, 6.45) is 0.523. The lowest BCUT2D eigenvalue weighted by molar-refractivity contribution is 0.0959. The average Bonchev–Trinajstić information content (AvgIpc) is 3.11. The van der Waals surface area contributed by atoms with Crippen molar-refractivity contribution >= 4 is 27.7 Å². The highest BCUT2D eigenvalue weighted by Crippen LogP contribution is 2.28. The Hall–Kier alpha value is -3.92. The van der Waals surface area contributed by atoms with Crippen LogP contribution >= 0.6 is 0 Å². The molecule has 0 aliphatic heterocycles. The molecule has 1 heterocycles. The van der Waals surface area contributed by atoms with Gasteiger partial charge in [0, 0.05) is 6.42 Å². The number of hydrogen-bond donors (Lipinski definition) is 1. The van der Waals surface area contributed by atoms with E-state index < -0.39 is 0 Å². The second-order valence-corrected chi connectivity index (χ2v) is 7.04. The molecule has 0 saturated carbocycles. The molecular formula is C25H18N2O2. The molecule has 0 saturated heterocycles. The third kappa shape index (κ3) is 3.05. The molecule has 5 rings (SSSR count). The van der Waals surface area contributed by atoms with Crippen molar-refractivity contribution in [2.24, 2.45) is 0 Å². The maximum absolute atomic E-state index is 13.6. The van der Waals surface area contributed by atoms with E-state index in [0.29, 0.717) is 12.2 Å². The van der Waals surface area contributed by atoms with Crippen LogP contribution in [0.25, 0.3) is 21.8 Å². The van der Waals surface area contributed by atoms with Gasteiger partial charge in [0.1, 0.15) is 11.6 Å². The fourth-order valence-corrected chi connectivity index (χ4v) is 3.72. The third-order valence-electron chi connectivity index (χ3n) is 5.13. The number of fused-ring (bicyclic) bond motifs is 2. The number of phenolic OH excluding ortho intramolecular Hbond substituents is 1. The van der Waals surface area contributed by atoms with Gasteiger partial charge in [-0.1, -0.05) is 66.7 Å². The summed E-state index contributed by atoms with van der Waals surface area (Å²) in [5.41, 5.74) is 2.82. The highest BCUT2D eigenvalue weighted by Gasteiger charge is 2.21. The number of carbonyl (C=O) groups is 1. The first kappa shape index (κ1) is 17.2. The fourth-order valence-electron chi connectivity index (χ4n) is 3.72. The molecule has 0 atom stereocenters. The first-order valence-corrected chi connectivity index (χ1v) is 9.47. The van der Waals surface area contributed by atoms with E-state index >= 15 is 0 Å². The van der Waals surface area contributed by atoms with E-state index in [9.17, 15) is 9.90 Å². The predicted octanol–water partition coefficient (Wildman–Crippen LogP) is 5.17. The van der Waals surface area contributed by atoms with Gasteiger partial charge in [-0.15, -0.1) is 0 Å². The standard InChI is InChI=1S/C25H18N2O2/c28-23-16-19-11-5-4-10-18(19)15-20(23)25(29)27-22-13-7-6-12-21(22)26-24(27)14-17-8-2-1-3-9-17/h1-13,15-16,28H,14H2. The van der Waals surface area contributed by atoms with E-state index in [-0.39, 0.29) is 17.2 Å². The Labute approximate surface area is 167 Å². The molecule has 4 aromatic carbocycles. The van der Waals surface area contributed by atoms with Crippen molar-refractivity contribution in [3.63, 3.8) is 0 Å². The molecule has 0 amide bonds. The zero-order valence-electron chi connectivity index (χ0n) is 15.6. The van der Waals surface area contributed by atoms with Crippen LogP contribution in [-0.4, -0.2) is 20.6 Å². The molecule has 0 unspecified atom stereocenters. The number of carbonyl (C=O) groups excluding carboxylic acids is 1. The van der Waals surface area contributed by atoms with E-state index in [4.69, 9.17) is 4.98 Å². The van der Waals surface area contributed by atoms with Crippen LogP contribution in [0.3, 0.4) is 0 Å². The molecule has 1 aromatic heterocycles. The van der Waals surface area contributed by atoms with Gasteiger partial charge < -0.3 is 5.11 Å². The van der Waals surface area contributed by atoms with Gasteiger partial charge in [-0.2, -0.15) is 0 Å². The van der Waals surface area contributed by atoms with Gasteiger partial charge in [0.2, 0.25) is 0 Å². The molecule has 0 aliphatic carbocycles. The molecule has 5 aromatic rings. The summed E-state index contributed by atoms with van der Waals surface area (Å²) in [5, 5.41) is 12.4. The number of hydrogen-bond acceptors (Lipinski definition) is 3. The van der Waals surface area contributed by atoms with Gasteiger partial charge >= 0.3 is 0 Å². The number of nitrogens with zero attached hydrogens (tertiary/aromatic N) is 2. The number of para-hydroxylation sites is 2. The summed E-state index contributed by atoms with van der Waals surface area (Å²) in [6.45, 7) is 0. The van der Waals surface area contributed by atoms with E-state index in [1.54, 1.807) is 16.7 Å². The van der Waals surface area contributed by atoms with Crippen molar-refractivity contribution in [1.29, 1.82) is 0 Å². The summed E-state index contributed by atoms with van der Waals surface area (Å²) in [6, 6.07) is 28.6. The Kier molecular flexibility index (Phi) is 4.10. The zero-order valence-corrected chi connectivity index (χ0v) is 15.6. The topological polar surface area (TPSA) is 55.1 Å². The molecule has 0 aliphatic rings. The fraction of sp³-hybridized carbons (Fsp3) is 0.0400.